The summed E-state index contributed by atoms with van der Waals surface area (Å²) >= 11 is 8.02. The first-order chi connectivity index (χ1) is 10.5. The van der Waals surface area contributed by atoms with Crippen molar-refractivity contribution in [1.82, 2.24) is 14.5 Å². The highest BCUT2D eigenvalue weighted by Gasteiger charge is 2.17. The van der Waals surface area contributed by atoms with Crippen molar-refractivity contribution in [1.29, 1.82) is 0 Å². The number of hydrogen-bond acceptors (Lipinski definition) is 3. The van der Waals surface area contributed by atoms with Crippen molar-refractivity contribution < 1.29 is 0 Å². The zero-order valence-corrected chi connectivity index (χ0v) is 14.9. The Labute approximate surface area is 140 Å². The van der Waals surface area contributed by atoms with Gasteiger partial charge in [0.2, 0.25) is 5.28 Å². The molecule has 0 fully saturated rings. The summed E-state index contributed by atoms with van der Waals surface area (Å²) in [4.78, 5) is 9.39. The fourth-order valence-corrected chi connectivity index (χ4v) is 3.94. The summed E-state index contributed by atoms with van der Waals surface area (Å²) in [7, 11) is 0. The van der Waals surface area contributed by atoms with Crippen molar-refractivity contribution in [3.63, 3.8) is 0 Å². The van der Waals surface area contributed by atoms with Crippen molar-refractivity contribution in [2.75, 3.05) is 0 Å². The van der Waals surface area contributed by atoms with Crippen LogP contribution in [0.4, 0.5) is 0 Å². The van der Waals surface area contributed by atoms with Gasteiger partial charge in [0, 0.05) is 17.0 Å². The molecule has 0 saturated heterocycles. The highest BCUT2D eigenvalue weighted by atomic mass is 35.5. The van der Waals surface area contributed by atoms with Crippen LogP contribution in [0.2, 0.25) is 5.28 Å². The van der Waals surface area contributed by atoms with E-state index in [0.29, 0.717) is 11.2 Å². The summed E-state index contributed by atoms with van der Waals surface area (Å²) in [5, 5.41) is 3.71. The molecule has 3 aromatic rings. The predicted octanol–water partition coefficient (Wildman–Crippen LogP) is 5.91. The number of rotatable bonds is 4. The minimum absolute atomic E-state index is 0.278. The largest absolute Gasteiger partial charge is 0.312 e. The van der Waals surface area contributed by atoms with E-state index in [9.17, 15) is 0 Å². The molecule has 0 aliphatic heterocycles. The Balaban J connectivity index is 2.16. The number of para-hydroxylation sites is 1. The number of halogens is 1. The molecule has 0 aliphatic carbocycles. The maximum Gasteiger partial charge on any atom is 0.204 e. The number of thiazole rings is 1. The van der Waals surface area contributed by atoms with Gasteiger partial charge in [0.15, 0.2) is 0 Å². The maximum atomic E-state index is 6.34. The van der Waals surface area contributed by atoms with Crippen LogP contribution in [-0.2, 0) is 0 Å². The zero-order valence-electron chi connectivity index (χ0n) is 13.3. The molecule has 1 atom stereocenters. The third-order valence-electron chi connectivity index (χ3n) is 4.06. The first kappa shape index (κ1) is 15.5. The van der Waals surface area contributed by atoms with E-state index in [-0.39, 0.29) is 6.04 Å². The van der Waals surface area contributed by atoms with E-state index in [2.05, 4.69) is 60.8 Å². The molecule has 0 aliphatic rings. The Kier molecular flexibility index (Phi) is 4.24. The van der Waals surface area contributed by atoms with Gasteiger partial charge in [-0.3, -0.25) is 0 Å². The average molecular weight is 334 g/mol. The van der Waals surface area contributed by atoms with Gasteiger partial charge < -0.3 is 4.57 Å². The second-order valence-electron chi connectivity index (χ2n) is 5.90. The molecule has 1 unspecified atom stereocenters. The normalized spacial score (nSPS) is 13.2. The third kappa shape index (κ3) is 2.55. The Hall–Kier alpha value is -1.39. The van der Waals surface area contributed by atoms with Crippen LogP contribution < -0.4 is 0 Å². The molecule has 3 rings (SSSR count). The van der Waals surface area contributed by atoms with Gasteiger partial charge >= 0.3 is 0 Å². The molecule has 0 N–H and O–H groups in total. The highest BCUT2D eigenvalue weighted by molar-refractivity contribution is 7.13. The molecule has 1 aromatic carbocycles. The van der Waals surface area contributed by atoms with Gasteiger partial charge in [0.1, 0.15) is 10.5 Å². The molecule has 0 bridgehead atoms. The molecule has 22 heavy (non-hydrogen) atoms. The minimum Gasteiger partial charge on any atom is -0.312 e. The van der Waals surface area contributed by atoms with E-state index in [1.165, 1.54) is 0 Å². The summed E-state index contributed by atoms with van der Waals surface area (Å²) in [5.74, 6) is 0.487. The number of hydrogen-bond donors (Lipinski definition) is 0. The second kappa shape index (κ2) is 6.01. The maximum absolute atomic E-state index is 6.34. The van der Waals surface area contributed by atoms with Crippen LogP contribution in [0.25, 0.3) is 21.6 Å². The molecule has 116 valence electrons. The van der Waals surface area contributed by atoms with E-state index in [1.807, 2.05) is 0 Å². The lowest BCUT2D eigenvalue weighted by Gasteiger charge is -2.09. The van der Waals surface area contributed by atoms with Crippen LogP contribution in [0.15, 0.2) is 23.6 Å². The fourth-order valence-electron chi connectivity index (χ4n) is 2.60. The van der Waals surface area contributed by atoms with Gasteiger partial charge in [0.25, 0.3) is 0 Å². The van der Waals surface area contributed by atoms with Gasteiger partial charge in [0.05, 0.1) is 11.2 Å². The summed E-state index contributed by atoms with van der Waals surface area (Å²) < 4.78 is 2.06. The lowest BCUT2D eigenvalue weighted by atomic mass is 10.1. The number of benzene rings is 1. The van der Waals surface area contributed by atoms with Crippen LogP contribution in [0.1, 0.15) is 51.8 Å². The van der Waals surface area contributed by atoms with Gasteiger partial charge in [-0.25, -0.2) is 9.97 Å². The Morgan fingerprint density at radius 2 is 2.00 bits per heavy atom. The highest BCUT2D eigenvalue weighted by Crippen LogP contribution is 2.34. The fraction of sp³-hybridized carbons (Fsp3) is 0.412. The molecule has 0 spiro atoms. The van der Waals surface area contributed by atoms with Crippen LogP contribution in [0.5, 0.6) is 0 Å². The standard InChI is InChI=1S/C17H20ClN3S/c1-5-11(4)13-9-22-16(19-13)12-7-6-8-14-15(12)20-17(18)21(14)10(2)3/h6-11H,5H2,1-4H3. The van der Waals surface area contributed by atoms with Gasteiger partial charge in [-0.2, -0.15) is 0 Å². The first-order valence-electron chi connectivity index (χ1n) is 7.65. The van der Waals surface area contributed by atoms with Crippen molar-refractivity contribution in [3.05, 3.63) is 34.6 Å². The van der Waals surface area contributed by atoms with Crippen molar-refractivity contribution in [2.45, 2.75) is 46.1 Å². The lowest BCUT2D eigenvalue weighted by molar-refractivity contribution is 0.618. The average Bonchev–Trinajstić information content (AvgIpc) is 3.09. The Bertz CT molecular complexity index is 803. The van der Waals surface area contributed by atoms with E-state index < -0.39 is 0 Å². The SMILES string of the molecule is CCC(C)c1csc(-c2cccc3c2nc(Cl)n3C(C)C)n1. The predicted molar refractivity (Wildman–Crippen MR) is 94.9 cm³/mol. The summed E-state index contributed by atoms with van der Waals surface area (Å²) in [6, 6.07) is 6.48. The quantitative estimate of drug-likeness (QED) is 0.594. The summed E-state index contributed by atoms with van der Waals surface area (Å²) in [6.45, 7) is 8.63. The second-order valence-corrected chi connectivity index (χ2v) is 7.10. The molecule has 0 amide bonds. The molecule has 2 heterocycles. The lowest BCUT2D eigenvalue weighted by Crippen LogP contribution is -2.00. The third-order valence-corrected chi connectivity index (χ3v) is 5.22. The minimum atomic E-state index is 0.278. The number of imidazole rings is 1. The molecule has 2 aromatic heterocycles. The van der Waals surface area contributed by atoms with E-state index in [4.69, 9.17) is 16.6 Å². The van der Waals surface area contributed by atoms with Crippen LogP contribution >= 0.6 is 22.9 Å². The van der Waals surface area contributed by atoms with Crippen LogP contribution in [-0.4, -0.2) is 14.5 Å². The summed E-state index contributed by atoms with van der Waals surface area (Å²) in [6.07, 6.45) is 1.10. The van der Waals surface area contributed by atoms with Crippen molar-refractivity contribution in [3.8, 4) is 10.6 Å². The van der Waals surface area contributed by atoms with E-state index >= 15 is 0 Å². The van der Waals surface area contributed by atoms with E-state index in [1.54, 1.807) is 11.3 Å². The number of aromatic nitrogens is 3. The zero-order chi connectivity index (χ0) is 15.9. The van der Waals surface area contributed by atoms with Crippen LogP contribution in [0.3, 0.4) is 0 Å². The smallest absolute Gasteiger partial charge is 0.204 e. The molecule has 0 saturated carbocycles. The van der Waals surface area contributed by atoms with Gasteiger partial charge in [-0.15, -0.1) is 11.3 Å². The number of fused-ring (bicyclic) bond motifs is 1. The molecule has 0 radical (unpaired) electrons. The van der Waals surface area contributed by atoms with Crippen LogP contribution in [0, 0.1) is 0 Å². The Morgan fingerprint density at radius 1 is 1.23 bits per heavy atom. The van der Waals surface area contributed by atoms with Crippen molar-refractivity contribution >= 4 is 34.0 Å². The Morgan fingerprint density at radius 3 is 2.68 bits per heavy atom. The van der Waals surface area contributed by atoms with Gasteiger partial charge in [-0.1, -0.05) is 19.9 Å². The topological polar surface area (TPSA) is 30.7 Å². The first-order valence-corrected chi connectivity index (χ1v) is 8.91. The molecular formula is C17H20ClN3S. The summed E-state index contributed by atoms with van der Waals surface area (Å²) in [5.41, 5.74) is 4.23. The molecule has 3 nitrogen and oxygen atoms in total. The van der Waals surface area contributed by atoms with E-state index in [0.717, 1.165) is 33.7 Å². The monoisotopic (exact) mass is 333 g/mol. The molecular weight excluding hydrogens is 314 g/mol. The van der Waals surface area contributed by atoms with Crippen molar-refractivity contribution in [2.24, 2.45) is 0 Å². The number of nitrogens with zero attached hydrogens (tertiary/aromatic N) is 3. The molecule has 5 heteroatoms. The van der Waals surface area contributed by atoms with Gasteiger partial charge in [-0.05, 0) is 49.9 Å².